The minimum Gasteiger partial charge on any atom is -0.352 e. The first-order valence-corrected chi connectivity index (χ1v) is 4.31. The first-order chi connectivity index (χ1) is 4.93. The monoisotopic (exact) mass is 175 g/mol. The second-order valence-corrected chi connectivity index (χ2v) is 4.52. The van der Waals surface area contributed by atoms with Crippen LogP contribution in [0.25, 0.3) is 0 Å². The molecule has 0 aromatic carbocycles. The summed E-state index contributed by atoms with van der Waals surface area (Å²) in [7, 11) is 0. The lowest BCUT2D eigenvalue weighted by Gasteiger charge is -2.07. The summed E-state index contributed by atoms with van der Waals surface area (Å²) in [6.45, 7) is 5.96. The lowest BCUT2D eigenvalue weighted by Crippen LogP contribution is -2.33. The van der Waals surface area contributed by atoms with Crippen LogP contribution in [0.5, 0.6) is 0 Å². The topological polar surface area (TPSA) is 29.1 Å². The van der Waals surface area contributed by atoms with Crippen LogP contribution in [0.1, 0.15) is 27.2 Å². The van der Waals surface area contributed by atoms with Crippen molar-refractivity contribution in [1.82, 2.24) is 5.32 Å². The van der Waals surface area contributed by atoms with Crippen LogP contribution in [-0.2, 0) is 4.79 Å². The van der Waals surface area contributed by atoms with E-state index in [9.17, 15) is 4.79 Å². The quantitative estimate of drug-likeness (QED) is 0.634. The Kier molecular flexibility index (Phi) is 2.15. The average Bonchev–Trinajstić information content (AvgIpc) is 2.39. The van der Waals surface area contributed by atoms with E-state index < -0.39 is 5.38 Å². The molecule has 1 aliphatic carbocycles. The lowest BCUT2D eigenvalue weighted by atomic mass is 10.2. The molecule has 0 saturated heterocycles. The number of amides is 1. The van der Waals surface area contributed by atoms with Crippen LogP contribution < -0.4 is 5.32 Å². The van der Waals surface area contributed by atoms with Crippen LogP contribution in [0.4, 0.5) is 0 Å². The maximum absolute atomic E-state index is 11.0. The van der Waals surface area contributed by atoms with Gasteiger partial charge in [0.15, 0.2) is 0 Å². The van der Waals surface area contributed by atoms with Gasteiger partial charge in [0.1, 0.15) is 5.38 Å². The summed E-state index contributed by atoms with van der Waals surface area (Å²) in [5, 5.41) is 2.46. The molecule has 1 aliphatic rings. The third-order valence-corrected chi connectivity index (χ3v) is 2.39. The lowest BCUT2D eigenvalue weighted by molar-refractivity contribution is -0.120. The molecule has 0 aliphatic heterocycles. The van der Waals surface area contributed by atoms with Gasteiger partial charge in [-0.25, -0.2) is 0 Å². The highest BCUT2D eigenvalue weighted by atomic mass is 35.5. The van der Waals surface area contributed by atoms with Crippen molar-refractivity contribution in [2.45, 2.75) is 38.6 Å². The number of hydrogen-bond acceptors (Lipinski definition) is 1. The highest BCUT2D eigenvalue weighted by Gasteiger charge is 2.46. The molecule has 1 amide bonds. The van der Waals surface area contributed by atoms with Gasteiger partial charge in [0, 0.05) is 6.04 Å². The Labute approximate surface area is 72.3 Å². The molecule has 1 rings (SSSR count). The zero-order valence-corrected chi connectivity index (χ0v) is 7.90. The minimum atomic E-state index is -0.411. The molecule has 0 heterocycles. The van der Waals surface area contributed by atoms with Crippen molar-refractivity contribution < 1.29 is 4.79 Å². The molecule has 2 nitrogen and oxygen atoms in total. The SMILES string of the molecule is CC(Cl)C(=O)NC1CC1(C)C. The molecule has 0 radical (unpaired) electrons. The summed E-state index contributed by atoms with van der Waals surface area (Å²) in [6.07, 6.45) is 1.07. The molecule has 1 N–H and O–H groups in total. The molecule has 0 aromatic rings. The van der Waals surface area contributed by atoms with E-state index in [1.54, 1.807) is 6.92 Å². The van der Waals surface area contributed by atoms with Gasteiger partial charge < -0.3 is 5.32 Å². The first-order valence-electron chi connectivity index (χ1n) is 3.88. The van der Waals surface area contributed by atoms with E-state index in [4.69, 9.17) is 11.6 Å². The van der Waals surface area contributed by atoms with Crippen LogP contribution in [0, 0.1) is 5.41 Å². The van der Waals surface area contributed by atoms with E-state index in [0.29, 0.717) is 11.5 Å². The van der Waals surface area contributed by atoms with Crippen molar-refractivity contribution in [2.75, 3.05) is 0 Å². The Bertz CT molecular complexity index is 177. The van der Waals surface area contributed by atoms with Crippen LogP contribution in [0.3, 0.4) is 0 Å². The number of hydrogen-bond donors (Lipinski definition) is 1. The van der Waals surface area contributed by atoms with E-state index in [1.807, 2.05) is 0 Å². The Morgan fingerprint density at radius 1 is 1.73 bits per heavy atom. The molecule has 0 aromatic heterocycles. The molecule has 2 unspecified atom stereocenters. The number of carbonyl (C=O) groups excluding carboxylic acids is 1. The zero-order valence-electron chi connectivity index (χ0n) is 7.15. The van der Waals surface area contributed by atoms with Gasteiger partial charge in [0.25, 0.3) is 0 Å². The number of alkyl halides is 1. The summed E-state index contributed by atoms with van der Waals surface area (Å²) in [6, 6.07) is 0.344. The van der Waals surface area contributed by atoms with Crippen molar-refractivity contribution in [3.05, 3.63) is 0 Å². The Morgan fingerprint density at radius 2 is 2.18 bits per heavy atom. The molecular formula is C8H14ClNO. The smallest absolute Gasteiger partial charge is 0.238 e. The predicted molar refractivity (Wildman–Crippen MR) is 45.6 cm³/mol. The van der Waals surface area contributed by atoms with Crippen LogP contribution >= 0.6 is 11.6 Å². The average molecular weight is 176 g/mol. The summed E-state index contributed by atoms with van der Waals surface area (Å²) in [4.78, 5) is 11.0. The summed E-state index contributed by atoms with van der Waals surface area (Å²) in [5.41, 5.74) is 0.293. The second kappa shape index (κ2) is 2.67. The van der Waals surface area contributed by atoms with Crippen LogP contribution in [0.15, 0.2) is 0 Å². The number of rotatable bonds is 2. The van der Waals surface area contributed by atoms with Gasteiger partial charge in [0.05, 0.1) is 0 Å². The van der Waals surface area contributed by atoms with E-state index in [-0.39, 0.29) is 5.91 Å². The number of halogens is 1. The maximum atomic E-state index is 11.0. The Hall–Kier alpha value is -0.240. The molecular weight excluding hydrogens is 162 g/mol. The summed E-state index contributed by atoms with van der Waals surface area (Å²) in [5.74, 6) is -0.0535. The van der Waals surface area contributed by atoms with Crippen molar-refractivity contribution in [3.63, 3.8) is 0 Å². The van der Waals surface area contributed by atoms with Gasteiger partial charge in [-0.1, -0.05) is 13.8 Å². The predicted octanol–water partition coefficient (Wildman–Crippen LogP) is 1.53. The highest BCUT2D eigenvalue weighted by Crippen LogP contribution is 2.44. The molecule has 2 atom stereocenters. The molecule has 3 heteroatoms. The Balaban J connectivity index is 2.29. The van der Waals surface area contributed by atoms with E-state index in [2.05, 4.69) is 19.2 Å². The van der Waals surface area contributed by atoms with Crippen molar-refractivity contribution in [3.8, 4) is 0 Å². The van der Waals surface area contributed by atoms with E-state index >= 15 is 0 Å². The fourth-order valence-corrected chi connectivity index (χ4v) is 1.06. The van der Waals surface area contributed by atoms with Crippen molar-refractivity contribution in [1.29, 1.82) is 0 Å². The van der Waals surface area contributed by atoms with E-state index in [1.165, 1.54) is 0 Å². The molecule has 11 heavy (non-hydrogen) atoms. The van der Waals surface area contributed by atoms with Gasteiger partial charge in [0.2, 0.25) is 5.91 Å². The normalized spacial score (nSPS) is 29.3. The standard InChI is InChI=1S/C8H14ClNO/c1-5(9)7(11)10-6-4-8(6,2)3/h5-6H,4H2,1-3H3,(H,10,11). The first kappa shape index (κ1) is 8.85. The van der Waals surface area contributed by atoms with Crippen LogP contribution in [-0.4, -0.2) is 17.3 Å². The van der Waals surface area contributed by atoms with Crippen molar-refractivity contribution in [2.24, 2.45) is 5.41 Å². The third-order valence-electron chi connectivity index (χ3n) is 2.19. The van der Waals surface area contributed by atoms with Crippen LogP contribution in [0.2, 0.25) is 0 Å². The second-order valence-electron chi connectivity index (χ2n) is 3.87. The Morgan fingerprint density at radius 3 is 2.45 bits per heavy atom. The van der Waals surface area contributed by atoms with Crippen molar-refractivity contribution >= 4 is 17.5 Å². The summed E-state index contributed by atoms with van der Waals surface area (Å²) < 4.78 is 0. The molecule has 0 bridgehead atoms. The summed E-state index contributed by atoms with van der Waals surface area (Å²) >= 11 is 5.58. The molecule has 1 fully saturated rings. The molecule has 0 spiro atoms. The number of carbonyl (C=O) groups is 1. The number of nitrogens with one attached hydrogen (secondary N) is 1. The highest BCUT2D eigenvalue weighted by molar-refractivity contribution is 6.30. The zero-order chi connectivity index (χ0) is 8.65. The molecule has 1 saturated carbocycles. The fraction of sp³-hybridized carbons (Fsp3) is 0.875. The maximum Gasteiger partial charge on any atom is 0.238 e. The van der Waals surface area contributed by atoms with Gasteiger partial charge in [-0.2, -0.15) is 0 Å². The minimum absolute atomic E-state index is 0.0535. The van der Waals surface area contributed by atoms with Gasteiger partial charge >= 0.3 is 0 Å². The van der Waals surface area contributed by atoms with Gasteiger partial charge in [-0.3, -0.25) is 4.79 Å². The van der Waals surface area contributed by atoms with Gasteiger partial charge in [-0.15, -0.1) is 11.6 Å². The largest absolute Gasteiger partial charge is 0.352 e. The van der Waals surface area contributed by atoms with E-state index in [0.717, 1.165) is 6.42 Å². The fourth-order valence-electron chi connectivity index (χ4n) is 1.00. The molecule has 64 valence electrons. The third kappa shape index (κ3) is 2.09. The van der Waals surface area contributed by atoms with Gasteiger partial charge in [-0.05, 0) is 18.8 Å².